The van der Waals surface area contributed by atoms with Gasteiger partial charge in [-0.3, -0.25) is 4.98 Å². The largest absolute Gasteiger partial charge is 0.383 e. The minimum Gasteiger partial charge on any atom is -0.383 e. The number of hydrogen-bond acceptors (Lipinski definition) is 4. The van der Waals surface area contributed by atoms with Crippen molar-refractivity contribution in [3.63, 3.8) is 0 Å². The molecule has 100 valence electrons. The molecule has 0 aromatic carbocycles. The lowest BCUT2D eigenvalue weighted by Crippen LogP contribution is -2.24. The van der Waals surface area contributed by atoms with Gasteiger partial charge in [-0.05, 0) is 52.7 Å². The van der Waals surface area contributed by atoms with Crippen LogP contribution in [0.3, 0.4) is 0 Å². The molecule has 2 aromatic rings. The number of rotatable bonds is 4. The maximum atomic E-state index is 6.04. The van der Waals surface area contributed by atoms with E-state index >= 15 is 0 Å². The van der Waals surface area contributed by atoms with Crippen LogP contribution in [0.25, 0.3) is 0 Å². The van der Waals surface area contributed by atoms with Crippen LogP contribution in [0, 0.1) is 6.92 Å². The third kappa shape index (κ3) is 3.11. The van der Waals surface area contributed by atoms with E-state index in [1.54, 1.807) is 12.4 Å². The van der Waals surface area contributed by atoms with Crippen LogP contribution in [0.1, 0.15) is 29.7 Å². The third-order valence-corrected chi connectivity index (χ3v) is 3.43. The number of hydrogen-bond donors (Lipinski definition) is 2. The zero-order valence-corrected chi connectivity index (χ0v) is 12.6. The third-order valence-electron chi connectivity index (χ3n) is 3.00. The summed E-state index contributed by atoms with van der Waals surface area (Å²) < 4.78 is 0.952. The summed E-state index contributed by atoms with van der Waals surface area (Å²) in [5.41, 5.74) is 9.25. The summed E-state index contributed by atoms with van der Waals surface area (Å²) in [6.07, 6.45) is 5.35. The second-order valence-electron chi connectivity index (χ2n) is 4.35. The minimum atomic E-state index is 0.00343. The van der Waals surface area contributed by atoms with E-state index in [0.29, 0.717) is 5.82 Å². The highest BCUT2D eigenvalue weighted by atomic mass is 79.9. The molecule has 0 fully saturated rings. The number of pyridine rings is 2. The average Bonchev–Trinajstić information content (AvgIpc) is 2.37. The molecule has 2 aromatic heterocycles. The van der Waals surface area contributed by atoms with E-state index in [4.69, 9.17) is 5.73 Å². The molecule has 0 bridgehead atoms. The van der Waals surface area contributed by atoms with Gasteiger partial charge in [-0.25, -0.2) is 4.98 Å². The van der Waals surface area contributed by atoms with Crippen LogP contribution in [0.15, 0.2) is 35.2 Å². The molecule has 2 heterocycles. The van der Waals surface area contributed by atoms with Crippen molar-refractivity contribution < 1.29 is 0 Å². The van der Waals surface area contributed by atoms with Crippen molar-refractivity contribution in [3.05, 3.63) is 51.9 Å². The van der Waals surface area contributed by atoms with Gasteiger partial charge >= 0.3 is 0 Å². The highest BCUT2D eigenvalue weighted by Gasteiger charge is 2.19. The second kappa shape index (κ2) is 6.12. The topological polar surface area (TPSA) is 63.8 Å². The van der Waals surface area contributed by atoms with Gasteiger partial charge in [-0.1, -0.05) is 6.92 Å². The van der Waals surface area contributed by atoms with Gasteiger partial charge < -0.3 is 11.1 Å². The monoisotopic (exact) mass is 320 g/mol. The molecule has 0 spiro atoms. The molecule has 0 saturated carbocycles. The van der Waals surface area contributed by atoms with Crippen LogP contribution >= 0.6 is 15.9 Å². The summed E-state index contributed by atoms with van der Waals surface area (Å²) in [7, 11) is 0. The second-order valence-corrected chi connectivity index (χ2v) is 5.27. The van der Waals surface area contributed by atoms with Gasteiger partial charge in [0.25, 0.3) is 0 Å². The highest BCUT2D eigenvalue weighted by molar-refractivity contribution is 9.10. The molecule has 1 unspecified atom stereocenters. The predicted molar refractivity (Wildman–Crippen MR) is 80.8 cm³/mol. The number of anilines is 1. The molecule has 0 amide bonds. The Morgan fingerprint density at radius 3 is 2.84 bits per heavy atom. The summed E-state index contributed by atoms with van der Waals surface area (Å²) in [4.78, 5) is 8.42. The lowest BCUT2D eigenvalue weighted by atomic mass is 9.97. The lowest BCUT2D eigenvalue weighted by Gasteiger charge is -2.21. The molecular weight excluding hydrogens is 304 g/mol. The van der Waals surface area contributed by atoms with E-state index in [9.17, 15) is 0 Å². The van der Waals surface area contributed by atoms with Crippen molar-refractivity contribution in [1.29, 1.82) is 0 Å². The molecule has 0 radical (unpaired) electrons. The van der Waals surface area contributed by atoms with Crippen molar-refractivity contribution in [2.24, 2.45) is 0 Å². The molecule has 0 saturated heterocycles. The van der Waals surface area contributed by atoms with E-state index in [2.05, 4.69) is 38.1 Å². The Morgan fingerprint density at radius 2 is 2.21 bits per heavy atom. The Balaban J connectivity index is 2.51. The average molecular weight is 321 g/mol. The van der Waals surface area contributed by atoms with E-state index in [1.165, 1.54) is 0 Å². The van der Waals surface area contributed by atoms with Crippen LogP contribution in [0.4, 0.5) is 5.82 Å². The summed E-state index contributed by atoms with van der Waals surface area (Å²) in [5.74, 6) is 0.561. The van der Waals surface area contributed by atoms with Gasteiger partial charge in [0, 0.05) is 28.6 Å². The van der Waals surface area contributed by atoms with Crippen molar-refractivity contribution in [2.45, 2.75) is 19.9 Å². The summed E-state index contributed by atoms with van der Waals surface area (Å²) in [6, 6.07) is 4.02. The first kappa shape index (κ1) is 14.0. The molecule has 1 atom stereocenters. The molecule has 0 aliphatic rings. The van der Waals surface area contributed by atoms with E-state index in [0.717, 1.165) is 27.7 Å². The highest BCUT2D eigenvalue weighted by Crippen LogP contribution is 2.29. The van der Waals surface area contributed by atoms with Crippen LogP contribution in [-0.2, 0) is 0 Å². The summed E-state index contributed by atoms with van der Waals surface area (Å²) in [6.45, 7) is 4.95. The van der Waals surface area contributed by atoms with Gasteiger partial charge in [0.15, 0.2) is 0 Å². The fourth-order valence-electron chi connectivity index (χ4n) is 2.14. The molecule has 19 heavy (non-hydrogen) atoms. The van der Waals surface area contributed by atoms with E-state index in [-0.39, 0.29) is 6.04 Å². The van der Waals surface area contributed by atoms with Crippen LogP contribution in [0.2, 0.25) is 0 Å². The molecule has 3 N–H and O–H groups in total. The van der Waals surface area contributed by atoms with Crippen LogP contribution < -0.4 is 11.1 Å². The minimum absolute atomic E-state index is 0.00343. The van der Waals surface area contributed by atoms with E-state index in [1.807, 2.05) is 25.3 Å². The Bertz CT molecular complexity index is 551. The van der Waals surface area contributed by atoms with Gasteiger partial charge in [-0.2, -0.15) is 0 Å². The molecule has 0 aliphatic heterocycles. The first-order valence-electron chi connectivity index (χ1n) is 6.18. The smallest absolute Gasteiger partial charge is 0.128 e. The van der Waals surface area contributed by atoms with Gasteiger partial charge in [0.1, 0.15) is 5.82 Å². The van der Waals surface area contributed by atoms with Crippen molar-refractivity contribution in [3.8, 4) is 0 Å². The number of nitrogens with one attached hydrogen (secondary N) is 1. The maximum absolute atomic E-state index is 6.04. The Hall–Kier alpha value is -1.46. The first-order chi connectivity index (χ1) is 9.13. The molecule has 5 heteroatoms. The number of halogens is 1. The molecule has 4 nitrogen and oxygen atoms in total. The maximum Gasteiger partial charge on any atom is 0.128 e. The van der Waals surface area contributed by atoms with Gasteiger partial charge in [0.05, 0.1) is 6.04 Å². The normalized spacial score (nSPS) is 12.4. The van der Waals surface area contributed by atoms with Crippen molar-refractivity contribution in [1.82, 2.24) is 15.3 Å². The van der Waals surface area contributed by atoms with Crippen LogP contribution in [-0.4, -0.2) is 16.5 Å². The fraction of sp³-hybridized carbons (Fsp3) is 0.286. The fourth-order valence-corrected chi connectivity index (χ4v) is 2.53. The Labute approximate surface area is 121 Å². The van der Waals surface area contributed by atoms with Crippen molar-refractivity contribution in [2.75, 3.05) is 12.3 Å². The summed E-state index contributed by atoms with van der Waals surface area (Å²) in [5, 5.41) is 3.44. The Morgan fingerprint density at radius 1 is 1.42 bits per heavy atom. The lowest BCUT2D eigenvalue weighted by molar-refractivity contribution is 0.625. The standard InChI is InChI=1S/C14H17BrN4/c1-3-18-13(10-6-11(15)8-17-7-10)12-9(2)4-5-19-14(12)16/h4-8,13,18H,3H2,1-2H3,(H2,16,19). The number of aromatic nitrogens is 2. The number of nitrogen functional groups attached to an aromatic ring is 1. The zero-order chi connectivity index (χ0) is 13.8. The van der Waals surface area contributed by atoms with Gasteiger partial charge in [-0.15, -0.1) is 0 Å². The SMILES string of the molecule is CCNC(c1cncc(Br)c1)c1c(C)ccnc1N. The number of aryl methyl sites for hydroxylation is 1. The molecular formula is C14H17BrN4. The van der Waals surface area contributed by atoms with Gasteiger partial charge in [0.2, 0.25) is 0 Å². The number of nitrogens with zero attached hydrogens (tertiary/aromatic N) is 2. The zero-order valence-electron chi connectivity index (χ0n) is 11.0. The Kier molecular flexibility index (Phi) is 4.50. The quantitative estimate of drug-likeness (QED) is 0.909. The summed E-state index contributed by atoms with van der Waals surface area (Å²) >= 11 is 3.45. The van der Waals surface area contributed by atoms with Crippen molar-refractivity contribution >= 4 is 21.7 Å². The van der Waals surface area contributed by atoms with E-state index < -0.39 is 0 Å². The molecule has 2 rings (SSSR count). The predicted octanol–water partition coefficient (Wildman–Crippen LogP) is 2.83. The first-order valence-corrected chi connectivity index (χ1v) is 6.97. The van der Waals surface area contributed by atoms with Crippen LogP contribution in [0.5, 0.6) is 0 Å². The number of nitrogens with two attached hydrogens (primary N) is 1. The molecule has 0 aliphatic carbocycles.